The van der Waals surface area contributed by atoms with E-state index in [4.69, 9.17) is 4.74 Å². The quantitative estimate of drug-likeness (QED) is 0.771. The van der Waals surface area contributed by atoms with Crippen LogP contribution in [0.1, 0.15) is 18.9 Å². The first kappa shape index (κ1) is 12.3. The zero-order chi connectivity index (χ0) is 11.8. The van der Waals surface area contributed by atoms with Crippen molar-refractivity contribution >= 4 is 12.0 Å². The normalized spacial score (nSPS) is 10.4. The zero-order valence-corrected chi connectivity index (χ0v) is 9.69. The summed E-state index contributed by atoms with van der Waals surface area (Å²) in [6, 6.07) is 7.54. The van der Waals surface area contributed by atoms with Crippen LogP contribution in [0.2, 0.25) is 0 Å². The van der Waals surface area contributed by atoms with Crippen molar-refractivity contribution in [3.63, 3.8) is 0 Å². The second-order valence-electron chi connectivity index (χ2n) is 3.40. The van der Waals surface area contributed by atoms with Gasteiger partial charge in [0.15, 0.2) is 0 Å². The number of carbonyl (C=O) groups excluding carboxylic acids is 1. The Morgan fingerprint density at radius 2 is 2.06 bits per heavy atom. The van der Waals surface area contributed by atoms with Crippen molar-refractivity contribution in [1.29, 1.82) is 0 Å². The molecule has 1 aromatic carbocycles. The molecule has 1 amide bonds. The molecule has 0 saturated heterocycles. The molecule has 0 aliphatic heterocycles. The van der Waals surface area contributed by atoms with Crippen molar-refractivity contribution in [2.75, 3.05) is 13.7 Å². The van der Waals surface area contributed by atoms with Gasteiger partial charge in [0.2, 0.25) is 5.91 Å². The van der Waals surface area contributed by atoms with Gasteiger partial charge in [0.25, 0.3) is 0 Å². The molecule has 0 aliphatic carbocycles. The highest BCUT2D eigenvalue weighted by Gasteiger charge is 1.93. The molecular formula is C13H17NO2. The number of amides is 1. The summed E-state index contributed by atoms with van der Waals surface area (Å²) >= 11 is 0. The predicted octanol–water partition coefficient (Wildman–Crippen LogP) is 2.23. The van der Waals surface area contributed by atoms with Gasteiger partial charge in [0, 0.05) is 12.6 Å². The molecule has 0 fully saturated rings. The maximum atomic E-state index is 11.3. The molecule has 3 nitrogen and oxygen atoms in total. The lowest BCUT2D eigenvalue weighted by Crippen LogP contribution is -2.21. The Balaban J connectivity index is 2.52. The van der Waals surface area contributed by atoms with Crippen LogP contribution in [-0.2, 0) is 4.79 Å². The van der Waals surface area contributed by atoms with Gasteiger partial charge in [-0.1, -0.05) is 19.1 Å². The third kappa shape index (κ3) is 4.17. The minimum absolute atomic E-state index is 0.0577. The number of hydrogen-bond acceptors (Lipinski definition) is 2. The minimum atomic E-state index is -0.0577. The molecule has 1 rings (SSSR count). The van der Waals surface area contributed by atoms with Gasteiger partial charge in [-0.05, 0) is 30.2 Å². The van der Waals surface area contributed by atoms with Gasteiger partial charge >= 0.3 is 0 Å². The van der Waals surface area contributed by atoms with Gasteiger partial charge in [0.05, 0.1) is 7.11 Å². The predicted molar refractivity (Wildman–Crippen MR) is 65.3 cm³/mol. The largest absolute Gasteiger partial charge is 0.497 e. The summed E-state index contributed by atoms with van der Waals surface area (Å²) in [4.78, 5) is 11.3. The van der Waals surface area contributed by atoms with Gasteiger partial charge in [-0.15, -0.1) is 0 Å². The van der Waals surface area contributed by atoms with Crippen molar-refractivity contribution in [2.24, 2.45) is 0 Å². The fourth-order valence-electron chi connectivity index (χ4n) is 1.19. The highest BCUT2D eigenvalue weighted by molar-refractivity contribution is 5.91. The van der Waals surface area contributed by atoms with Crippen molar-refractivity contribution in [3.8, 4) is 5.75 Å². The Morgan fingerprint density at radius 3 is 2.62 bits per heavy atom. The maximum absolute atomic E-state index is 11.3. The van der Waals surface area contributed by atoms with E-state index in [0.29, 0.717) is 6.54 Å². The van der Waals surface area contributed by atoms with Crippen molar-refractivity contribution in [2.45, 2.75) is 13.3 Å². The van der Waals surface area contributed by atoms with Crippen LogP contribution in [0.4, 0.5) is 0 Å². The third-order valence-corrected chi connectivity index (χ3v) is 2.09. The Labute approximate surface area is 96.1 Å². The Hall–Kier alpha value is -1.77. The van der Waals surface area contributed by atoms with E-state index in [2.05, 4.69) is 5.32 Å². The van der Waals surface area contributed by atoms with Crippen LogP contribution >= 0.6 is 0 Å². The number of methoxy groups -OCH3 is 1. The lowest BCUT2D eigenvalue weighted by atomic mass is 10.2. The number of carbonyl (C=O) groups is 1. The number of hydrogen-bond donors (Lipinski definition) is 1. The topological polar surface area (TPSA) is 38.3 Å². The average molecular weight is 219 g/mol. The van der Waals surface area contributed by atoms with E-state index in [1.165, 1.54) is 6.08 Å². The van der Waals surface area contributed by atoms with Gasteiger partial charge in [0.1, 0.15) is 5.75 Å². The molecule has 0 spiro atoms. The SMILES string of the molecule is CCCNC(=O)C=Cc1ccc(OC)cc1. The van der Waals surface area contributed by atoms with E-state index in [9.17, 15) is 4.79 Å². The average Bonchev–Trinajstić information content (AvgIpc) is 2.34. The van der Waals surface area contributed by atoms with E-state index in [-0.39, 0.29) is 5.91 Å². The summed E-state index contributed by atoms with van der Waals surface area (Å²) in [7, 11) is 1.63. The molecule has 0 atom stereocenters. The zero-order valence-electron chi connectivity index (χ0n) is 9.69. The standard InChI is InChI=1S/C13H17NO2/c1-3-10-14-13(15)9-6-11-4-7-12(16-2)8-5-11/h4-9H,3,10H2,1-2H3,(H,14,15). The second kappa shape index (κ2) is 6.67. The summed E-state index contributed by atoms with van der Waals surface area (Å²) in [5.41, 5.74) is 0.979. The van der Waals surface area contributed by atoms with Crippen LogP contribution in [0.5, 0.6) is 5.75 Å². The van der Waals surface area contributed by atoms with Crippen LogP contribution < -0.4 is 10.1 Å². The fourth-order valence-corrected chi connectivity index (χ4v) is 1.19. The summed E-state index contributed by atoms with van der Waals surface area (Å²) in [5.74, 6) is 0.755. The Kier molecular flexibility index (Phi) is 5.12. The summed E-state index contributed by atoms with van der Waals surface area (Å²) in [6.07, 6.45) is 4.27. The first-order valence-electron chi connectivity index (χ1n) is 5.36. The molecule has 0 unspecified atom stereocenters. The molecule has 0 saturated carbocycles. The molecule has 0 aliphatic rings. The first-order valence-corrected chi connectivity index (χ1v) is 5.36. The summed E-state index contributed by atoms with van der Waals surface area (Å²) in [6.45, 7) is 2.74. The molecule has 86 valence electrons. The van der Waals surface area contributed by atoms with Crippen molar-refractivity contribution < 1.29 is 9.53 Å². The molecule has 0 aromatic heterocycles. The summed E-state index contributed by atoms with van der Waals surface area (Å²) < 4.78 is 5.04. The molecule has 1 N–H and O–H groups in total. The summed E-state index contributed by atoms with van der Waals surface area (Å²) in [5, 5.41) is 2.77. The minimum Gasteiger partial charge on any atom is -0.497 e. The smallest absolute Gasteiger partial charge is 0.243 e. The van der Waals surface area contributed by atoms with Gasteiger partial charge in [-0.3, -0.25) is 4.79 Å². The lowest BCUT2D eigenvalue weighted by Gasteiger charge is -1.99. The molecule has 16 heavy (non-hydrogen) atoms. The van der Waals surface area contributed by atoms with Gasteiger partial charge in [-0.25, -0.2) is 0 Å². The molecular weight excluding hydrogens is 202 g/mol. The molecule has 3 heteroatoms. The van der Waals surface area contributed by atoms with Crippen LogP contribution in [0.25, 0.3) is 6.08 Å². The second-order valence-corrected chi connectivity index (χ2v) is 3.40. The first-order chi connectivity index (χ1) is 7.76. The van der Waals surface area contributed by atoms with Gasteiger partial charge in [-0.2, -0.15) is 0 Å². The number of nitrogens with one attached hydrogen (secondary N) is 1. The lowest BCUT2D eigenvalue weighted by molar-refractivity contribution is -0.116. The van der Waals surface area contributed by atoms with E-state index in [1.807, 2.05) is 31.2 Å². The van der Waals surface area contributed by atoms with E-state index < -0.39 is 0 Å². The van der Waals surface area contributed by atoms with E-state index in [0.717, 1.165) is 17.7 Å². The van der Waals surface area contributed by atoms with Crippen LogP contribution in [0, 0.1) is 0 Å². The monoisotopic (exact) mass is 219 g/mol. The molecule has 1 aromatic rings. The fraction of sp³-hybridized carbons (Fsp3) is 0.308. The van der Waals surface area contributed by atoms with E-state index >= 15 is 0 Å². The van der Waals surface area contributed by atoms with E-state index in [1.54, 1.807) is 13.2 Å². The Morgan fingerprint density at radius 1 is 1.38 bits per heavy atom. The van der Waals surface area contributed by atoms with Crippen LogP contribution in [-0.4, -0.2) is 19.6 Å². The molecule has 0 heterocycles. The molecule has 0 radical (unpaired) electrons. The van der Waals surface area contributed by atoms with Crippen molar-refractivity contribution in [1.82, 2.24) is 5.32 Å². The maximum Gasteiger partial charge on any atom is 0.243 e. The van der Waals surface area contributed by atoms with Crippen molar-refractivity contribution in [3.05, 3.63) is 35.9 Å². The highest BCUT2D eigenvalue weighted by atomic mass is 16.5. The molecule has 0 bridgehead atoms. The highest BCUT2D eigenvalue weighted by Crippen LogP contribution is 2.11. The van der Waals surface area contributed by atoms with Crippen LogP contribution in [0.3, 0.4) is 0 Å². The third-order valence-electron chi connectivity index (χ3n) is 2.09. The van der Waals surface area contributed by atoms with Gasteiger partial charge < -0.3 is 10.1 Å². The van der Waals surface area contributed by atoms with Crippen LogP contribution in [0.15, 0.2) is 30.3 Å². The number of ether oxygens (including phenoxy) is 1. The number of benzene rings is 1. The Bertz CT molecular complexity index is 355. The number of rotatable bonds is 5.